The van der Waals surface area contributed by atoms with Crippen molar-refractivity contribution < 1.29 is 14.3 Å². The van der Waals surface area contributed by atoms with E-state index in [1.54, 1.807) is 12.1 Å². The maximum absolute atomic E-state index is 12.9. The van der Waals surface area contributed by atoms with E-state index in [1.165, 1.54) is 12.1 Å². The van der Waals surface area contributed by atoms with Crippen LogP contribution in [0.5, 0.6) is 0 Å². The highest BCUT2D eigenvalue weighted by atomic mass is 35.5. The van der Waals surface area contributed by atoms with E-state index in [0.717, 1.165) is 19.3 Å². The van der Waals surface area contributed by atoms with Crippen molar-refractivity contribution >= 4 is 18.3 Å². The van der Waals surface area contributed by atoms with Gasteiger partial charge in [-0.3, -0.25) is 4.79 Å². The lowest BCUT2D eigenvalue weighted by Crippen LogP contribution is -2.56. The molecule has 1 aliphatic carbocycles. The lowest BCUT2D eigenvalue weighted by Gasteiger charge is -2.33. The Morgan fingerprint density at radius 3 is 2.43 bits per heavy atom. The minimum Gasteiger partial charge on any atom is -0.388 e. The third-order valence-electron chi connectivity index (χ3n) is 4.41. The Kier molecular flexibility index (Phi) is 7.45. The molecule has 2 unspecified atom stereocenters. The van der Waals surface area contributed by atoms with Crippen molar-refractivity contribution in [3.05, 3.63) is 35.6 Å². The number of benzene rings is 1. The fraction of sp³-hybridized carbons (Fsp3) is 0.588. The van der Waals surface area contributed by atoms with E-state index in [1.807, 2.05) is 6.92 Å². The van der Waals surface area contributed by atoms with Gasteiger partial charge in [0.2, 0.25) is 5.91 Å². The van der Waals surface area contributed by atoms with E-state index in [9.17, 15) is 14.3 Å². The molecular formula is C17H26ClFN2O2. The lowest BCUT2D eigenvalue weighted by molar-refractivity contribution is -0.128. The number of hydrogen-bond donors (Lipinski definition) is 3. The van der Waals surface area contributed by atoms with Gasteiger partial charge in [0.25, 0.3) is 0 Å². The SMILES string of the molecule is CC(CC(O)c1ccc(F)cc1)NC(=O)C1(N)CCCCC1.Cl. The molecule has 1 saturated carbocycles. The van der Waals surface area contributed by atoms with Crippen LogP contribution in [0.4, 0.5) is 4.39 Å². The molecule has 0 radical (unpaired) electrons. The molecule has 0 bridgehead atoms. The van der Waals surface area contributed by atoms with Crippen LogP contribution in [0.25, 0.3) is 0 Å². The van der Waals surface area contributed by atoms with Gasteiger partial charge in [0.1, 0.15) is 5.82 Å². The lowest BCUT2D eigenvalue weighted by atomic mass is 9.81. The zero-order chi connectivity index (χ0) is 16.2. The first-order chi connectivity index (χ1) is 10.4. The van der Waals surface area contributed by atoms with Gasteiger partial charge < -0.3 is 16.2 Å². The molecule has 0 aromatic heterocycles. The van der Waals surface area contributed by atoms with Crippen LogP contribution in [0.1, 0.15) is 57.1 Å². The minimum atomic E-state index is -0.770. The molecule has 1 aromatic carbocycles. The molecule has 1 aromatic rings. The van der Waals surface area contributed by atoms with Crippen LogP contribution >= 0.6 is 12.4 Å². The first kappa shape index (κ1) is 19.9. The zero-order valence-corrected chi connectivity index (χ0v) is 14.2. The molecule has 1 fully saturated rings. The van der Waals surface area contributed by atoms with Gasteiger partial charge in [-0.05, 0) is 43.9 Å². The molecule has 6 heteroatoms. The fourth-order valence-electron chi connectivity index (χ4n) is 2.99. The van der Waals surface area contributed by atoms with Crippen molar-refractivity contribution in [2.75, 3.05) is 0 Å². The summed E-state index contributed by atoms with van der Waals surface area (Å²) in [7, 11) is 0. The Labute approximate surface area is 143 Å². The van der Waals surface area contributed by atoms with Crippen LogP contribution < -0.4 is 11.1 Å². The molecule has 1 amide bonds. The van der Waals surface area contributed by atoms with Crippen LogP contribution in [-0.2, 0) is 4.79 Å². The number of aliphatic hydroxyl groups is 1. The second-order valence-electron chi connectivity index (χ2n) is 6.39. The monoisotopic (exact) mass is 344 g/mol. The Morgan fingerprint density at radius 1 is 1.30 bits per heavy atom. The third kappa shape index (κ3) is 5.44. The zero-order valence-electron chi connectivity index (χ0n) is 13.4. The summed E-state index contributed by atoms with van der Waals surface area (Å²) in [5.74, 6) is -0.467. The highest BCUT2D eigenvalue weighted by Gasteiger charge is 2.35. The molecule has 130 valence electrons. The van der Waals surface area contributed by atoms with Crippen molar-refractivity contribution in [1.29, 1.82) is 0 Å². The summed E-state index contributed by atoms with van der Waals surface area (Å²) in [4.78, 5) is 12.3. The average Bonchev–Trinajstić information content (AvgIpc) is 2.48. The molecule has 0 spiro atoms. The molecule has 2 rings (SSSR count). The van der Waals surface area contributed by atoms with Crippen LogP contribution in [0.2, 0.25) is 0 Å². The topological polar surface area (TPSA) is 75.3 Å². The van der Waals surface area contributed by atoms with Crippen molar-refractivity contribution in [3.63, 3.8) is 0 Å². The number of halogens is 2. The number of aliphatic hydroxyl groups excluding tert-OH is 1. The summed E-state index contributed by atoms with van der Waals surface area (Å²) in [5.41, 5.74) is 6.06. The van der Waals surface area contributed by atoms with Gasteiger partial charge in [-0.1, -0.05) is 31.4 Å². The largest absolute Gasteiger partial charge is 0.388 e. The maximum Gasteiger partial charge on any atom is 0.240 e. The van der Waals surface area contributed by atoms with Gasteiger partial charge >= 0.3 is 0 Å². The number of rotatable bonds is 5. The Morgan fingerprint density at radius 2 is 1.87 bits per heavy atom. The van der Waals surface area contributed by atoms with Crippen molar-refractivity contribution in [2.45, 2.75) is 63.1 Å². The number of hydrogen-bond acceptors (Lipinski definition) is 3. The highest BCUT2D eigenvalue weighted by molar-refractivity contribution is 5.86. The first-order valence-corrected chi connectivity index (χ1v) is 7.94. The molecule has 0 aliphatic heterocycles. The molecule has 1 aliphatic rings. The predicted octanol–water partition coefficient (Wildman–Crippen LogP) is 2.84. The normalized spacial score (nSPS) is 19.3. The van der Waals surface area contributed by atoms with Crippen molar-refractivity contribution in [2.24, 2.45) is 5.73 Å². The van der Waals surface area contributed by atoms with Gasteiger partial charge in [-0.2, -0.15) is 0 Å². The number of nitrogens with one attached hydrogen (secondary N) is 1. The standard InChI is InChI=1S/C17H25FN2O2.ClH/c1-12(11-15(21)13-5-7-14(18)8-6-13)20-16(22)17(19)9-3-2-4-10-17;/h5-8,12,15,21H,2-4,9-11,19H2,1H3,(H,20,22);1H. The molecule has 4 nitrogen and oxygen atoms in total. The fourth-order valence-corrected chi connectivity index (χ4v) is 2.99. The summed E-state index contributed by atoms with van der Waals surface area (Å²) in [5, 5.41) is 13.1. The molecule has 0 heterocycles. The number of carbonyl (C=O) groups is 1. The summed E-state index contributed by atoms with van der Waals surface area (Å²) < 4.78 is 12.9. The smallest absolute Gasteiger partial charge is 0.240 e. The van der Waals surface area contributed by atoms with Crippen LogP contribution in [-0.4, -0.2) is 22.6 Å². The van der Waals surface area contributed by atoms with E-state index in [2.05, 4.69) is 5.32 Å². The van der Waals surface area contributed by atoms with E-state index in [4.69, 9.17) is 5.73 Å². The second-order valence-corrected chi connectivity index (χ2v) is 6.39. The highest BCUT2D eigenvalue weighted by Crippen LogP contribution is 2.26. The number of carbonyl (C=O) groups excluding carboxylic acids is 1. The van der Waals surface area contributed by atoms with Gasteiger partial charge in [-0.25, -0.2) is 4.39 Å². The van der Waals surface area contributed by atoms with Crippen molar-refractivity contribution in [3.8, 4) is 0 Å². The predicted molar refractivity (Wildman–Crippen MR) is 90.8 cm³/mol. The van der Waals surface area contributed by atoms with Crippen LogP contribution in [0, 0.1) is 5.82 Å². The van der Waals surface area contributed by atoms with E-state index in [-0.39, 0.29) is 30.2 Å². The van der Waals surface area contributed by atoms with Gasteiger partial charge in [-0.15, -0.1) is 12.4 Å². The van der Waals surface area contributed by atoms with E-state index in [0.29, 0.717) is 24.8 Å². The van der Waals surface area contributed by atoms with Crippen molar-refractivity contribution in [1.82, 2.24) is 5.32 Å². The van der Waals surface area contributed by atoms with Crippen LogP contribution in [0.3, 0.4) is 0 Å². The quantitative estimate of drug-likeness (QED) is 0.768. The first-order valence-electron chi connectivity index (χ1n) is 7.94. The van der Waals surface area contributed by atoms with Crippen LogP contribution in [0.15, 0.2) is 24.3 Å². The van der Waals surface area contributed by atoms with Gasteiger partial charge in [0.05, 0.1) is 11.6 Å². The average molecular weight is 345 g/mol. The third-order valence-corrected chi connectivity index (χ3v) is 4.41. The second kappa shape index (κ2) is 8.62. The summed E-state index contributed by atoms with van der Waals surface area (Å²) in [6.07, 6.45) is 4.15. The Balaban J connectivity index is 0.00000264. The summed E-state index contributed by atoms with van der Waals surface area (Å²) in [6.45, 7) is 1.84. The molecule has 4 N–H and O–H groups in total. The molecule has 23 heavy (non-hydrogen) atoms. The maximum atomic E-state index is 12.9. The summed E-state index contributed by atoms with van der Waals surface area (Å²) >= 11 is 0. The minimum absolute atomic E-state index is 0. The van der Waals surface area contributed by atoms with Gasteiger partial charge in [0, 0.05) is 6.04 Å². The number of nitrogens with two attached hydrogens (primary N) is 1. The van der Waals surface area contributed by atoms with Gasteiger partial charge in [0.15, 0.2) is 0 Å². The Bertz CT molecular complexity index is 504. The van der Waals surface area contributed by atoms with E-state index < -0.39 is 11.6 Å². The summed E-state index contributed by atoms with van der Waals surface area (Å²) in [6, 6.07) is 5.55. The van der Waals surface area contributed by atoms with E-state index >= 15 is 0 Å². The molecule has 2 atom stereocenters. The Hall–Kier alpha value is -1.17. The number of amides is 1. The molecule has 0 saturated heterocycles. The molecular weight excluding hydrogens is 319 g/mol.